The third-order valence-corrected chi connectivity index (χ3v) is 3.62. The van der Waals surface area contributed by atoms with Crippen LogP contribution in [0.15, 0.2) is 24.3 Å². The van der Waals surface area contributed by atoms with Gasteiger partial charge in [-0.3, -0.25) is 9.59 Å². The molecular formula is C15H21N3O2. The molecule has 1 saturated heterocycles. The maximum Gasteiger partial charge on any atom is 0.238 e. The summed E-state index contributed by atoms with van der Waals surface area (Å²) in [7, 11) is 0. The van der Waals surface area contributed by atoms with E-state index in [-0.39, 0.29) is 23.8 Å². The second-order valence-corrected chi connectivity index (χ2v) is 5.52. The Labute approximate surface area is 119 Å². The van der Waals surface area contributed by atoms with Gasteiger partial charge in [-0.2, -0.15) is 0 Å². The molecule has 0 bridgehead atoms. The maximum absolute atomic E-state index is 11.9. The molecule has 1 fully saturated rings. The second kappa shape index (κ2) is 6.15. The maximum atomic E-state index is 11.9. The lowest BCUT2D eigenvalue weighted by Crippen LogP contribution is -2.47. The minimum atomic E-state index is -0.0753. The van der Waals surface area contributed by atoms with Gasteiger partial charge in [-0.1, -0.05) is 0 Å². The van der Waals surface area contributed by atoms with Crippen LogP contribution in [0.3, 0.4) is 0 Å². The minimum absolute atomic E-state index is 0.00414. The first kappa shape index (κ1) is 14.7. The van der Waals surface area contributed by atoms with Gasteiger partial charge in [0.25, 0.3) is 0 Å². The Morgan fingerprint density at radius 2 is 2.00 bits per heavy atom. The van der Waals surface area contributed by atoms with Crippen molar-refractivity contribution in [3.8, 4) is 0 Å². The molecular weight excluding hydrogens is 254 g/mol. The van der Waals surface area contributed by atoms with Crippen LogP contribution in [0.25, 0.3) is 0 Å². The van der Waals surface area contributed by atoms with Gasteiger partial charge in [-0.25, -0.2) is 0 Å². The van der Waals surface area contributed by atoms with Gasteiger partial charge in [-0.05, 0) is 51.1 Å². The lowest BCUT2D eigenvalue weighted by atomic mass is 10.0. The molecule has 1 aromatic carbocycles. The van der Waals surface area contributed by atoms with Gasteiger partial charge in [0.1, 0.15) is 0 Å². The highest BCUT2D eigenvalue weighted by molar-refractivity contribution is 5.96. The molecule has 2 rings (SSSR count). The van der Waals surface area contributed by atoms with E-state index in [4.69, 9.17) is 0 Å². The standard InChI is InChI=1S/C15H21N3O2/c1-11(19)12-3-5-13(6-4-12)18-14(20)9-17-15(2)7-8-16-10-15/h3-6,16-17H,7-10H2,1-2H3,(H,18,20). The lowest BCUT2D eigenvalue weighted by molar-refractivity contribution is -0.115. The van der Waals surface area contributed by atoms with E-state index >= 15 is 0 Å². The number of carbonyl (C=O) groups is 2. The largest absolute Gasteiger partial charge is 0.325 e. The molecule has 1 unspecified atom stereocenters. The second-order valence-electron chi connectivity index (χ2n) is 5.52. The van der Waals surface area contributed by atoms with Gasteiger partial charge in [0.05, 0.1) is 6.54 Å². The molecule has 1 aliphatic rings. The van der Waals surface area contributed by atoms with Gasteiger partial charge < -0.3 is 16.0 Å². The molecule has 108 valence electrons. The van der Waals surface area contributed by atoms with E-state index in [0.29, 0.717) is 11.3 Å². The van der Waals surface area contributed by atoms with Crippen molar-refractivity contribution in [2.24, 2.45) is 0 Å². The molecule has 1 aromatic rings. The van der Waals surface area contributed by atoms with Gasteiger partial charge in [0, 0.05) is 23.3 Å². The van der Waals surface area contributed by atoms with Crippen molar-refractivity contribution in [3.63, 3.8) is 0 Å². The summed E-state index contributed by atoms with van der Waals surface area (Å²) in [5, 5.41) is 9.37. The summed E-state index contributed by atoms with van der Waals surface area (Å²) in [5.41, 5.74) is 1.35. The zero-order chi connectivity index (χ0) is 14.6. The van der Waals surface area contributed by atoms with Crippen molar-refractivity contribution in [2.45, 2.75) is 25.8 Å². The minimum Gasteiger partial charge on any atom is -0.325 e. The smallest absolute Gasteiger partial charge is 0.238 e. The van der Waals surface area contributed by atoms with E-state index in [0.717, 1.165) is 19.5 Å². The van der Waals surface area contributed by atoms with Gasteiger partial charge >= 0.3 is 0 Å². The predicted octanol–water partition coefficient (Wildman–Crippen LogP) is 1.17. The molecule has 1 heterocycles. The van der Waals surface area contributed by atoms with Crippen LogP contribution in [0.1, 0.15) is 30.6 Å². The number of ketones is 1. The molecule has 1 amide bonds. The zero-order valence-electron chi connectivity index (χ0n) is 12.0. The number of Topliss-reactive ketones (excluding diaryl/α,β-unsaturated/α-hetero) is 1. The Bertz CT molecular complexity index is 490. The van der Waals surface area contributed by atoms with Crippen LogP contribution in [0.2, 0.25) is 0 Å². The normalized spacial score (nSPS) is 21.7. The molecule has 1 atom stereocenters. The van der Waals surface area contributed by atoms with Crippen molar-refractivity contribution in [3.05, 3.63) is 29.8 Å². The van der Waals surface area contributed by atoms with Crippen molar-refractivity contribution in [2.75, 3.05) is 25.0 Å². The van der Waals surface area contributed by atoms with E-state index in [9.17, 15) is 9.59 Å². The van der Waals surface area contributed by atoms with Gasteiger partial charge in [0.2, 0.25) is 5.91 Å². The molecule has 3 N–H and O–H groups in total. The number of hydrogen-bond acceptors (Lipinski definition) is 4. The highest BCUT2D eigenvalue weighted by atomic mass is 16.2. The average molecular weight is 275 g/mol. The SMILES string of the molecule is CC(=O)c1ccc(NC(=O)CNC2(C)CCNC2)cc1. The van der Waals surface area contributed by atoms with Crippen LogP contribution in [-0.4, -0.2) is 36.9 Å². The third kappa shape index (κ3) is 3.88. The summed E-state index contributed by atoms with van der Waals surface area (Å²) in [4.78, 5) is 23.0. The Hall–Kier alpha value is -1.72. The predicted molar refractivity (Wildman–Crippen MR) is 79.0 cm³/mol. The van der Waals surface area contributed by atoms with E-state index < -0.39 is 0 Å². The summed E-state index contributed by atoms with van der Waals surface area (Å²) in [6.07, 6.45) is 1.02. The highest BCUT2D eigenvalue weighted by Crippen LogP contribution is 2.13. The molecule has 5 heteroatoms. The van der Waals surface area contributed by atoms with Crippen molar-refractivity contribution >= 4 is 17.4 Å². The first-order valence-electron chi connectivity index (χ1n) is 6.85. The molecule has 0 saturated carbocycles. The molecule has 5 nitrogen and oxygen atoms in total. The number of nitrogens with one attached hydrogen (secondary N) is 3. The molecule has 0 aromatic heterocycles. The Morgan fingerprint density at radius 1 is 1.30 bits per heavy atom. The Morgan fingerprint density at radius 3 is 2.55 bits per heavy atom. The van der Waals surface area contributed by atoms with Crippen LogP contribution in [0.5, 0.6) is 0 Å². The molecule has 0 aliphatic carbocycles. The van der Waals surface area contributed by atoms with E-state index in [1.54, 1.807) is 24.3 Å². The van der Waals surface area contributed by atoms with Gasteiger partial charge in [0.15, 0.2) is 5.78 Å². The number of carbonyl (C=O) groups excluding carboxylic acids is 2. The first-order valence-corrected chi connectivity index (χ1v) is 6.85. The number of anilines is 1. The summed E-state index contributed by atoms with van der Waals surface area (Å²) in [6.45, 7) is 5.79. The number of rotatable bonds is 5. The van der Waals surface area contributed by atoms with Crippen LogP contribution < -0.4 is 16.0 Å². The fourth-order valence-electron chi connectivity index (χ4n) is 2.25. The number of benzene rings is 1. The summed E-state index contributed by atoms with van der Waals surface area (Å²) < 4.78 is 0. The quantitative estimate of drug-likeness (QED) is 0.706. The molecule has 1 aliphatic heterocycles. The zero-order valence-corrected chi connectivity index (χ0v) is 12.0. The monoisotopic (exact) mass is 275 g/mol. The fourth-order valence-corrected chi connectivity index (χ4v) is 2.25. The van der Waals surface area contributed by atoms with Crippen LogP contribution >= 0.6 is 0 Å². The van der Waals surface area contributed by atoms with E-state index in [2.05, 4.69) is 22.9 Å². The summed E-state index contributed by atoms with van der Waals surface area (Å²) in [5.74, 6) is -0.0556. The lowest BCUT2D eigenvalue weighted by Gasteiger charge is -2.24. The number of hydrogen-bond donors (Lipinski definition) is 3. The van der Waals surface area contributed by atoms with Crippen molar-refractivity contribution in [1.82, 2.24) is 10.6 Å². The van der Waals surface area contributed by atoms with Crippen molar-refractivity contribution in [1.29, 1.82) is 0 Å². The first-order chi connectivity index (χ1) is 9.48. The fraction of sp³-hybridized carbons (Fsp3) is 0.467. The topological polar surface area (TPSA) is 70.2 Å². The van der Waals surface area contributed by atoms with Crippen LogP contribution in [0.4, 0.5) is 5.69 Å². The Balaban J connectivity index is 1.83. The van der Waals surface area contributed by atoms with Gasteiger partial charge in [-0.15, -0.1) is 0 Å². The van der Waals surface area contributed by atoms with Crippen LogP contribution in [0, 0.1) is 0 Å². The Kier molecular flexibility index (Phi) is 4.52. The summed E-state index contributed by atoms with van der Waals surface area (Å²) >= 11 is 0. The van der Waals surface area contributed by atoms with Crippen LogP contribution in [-0.2, 0) is 4.79 Å². The molecule has 20 heavy (non-hydrogen) atoms. The average Bonchev–Trinajstić information content (AvgIpc) is 2.85. The molecule has 0 spiro atoms. The van der Waals surface area contributed by atoms with E-state index in [1.807, 2.05) is 0 Å². The van der Waals surface area contributed by atoms with Crippen molar-refractivity contribution < 1.29 is 9.59 Å². The number of amides is 1. The molecule has 0 radical (unpaired) electrons. The third-order valence-electron chi connectivity index (χ3n) is 3.62. The highest BCUT2D eigenvalue weighted by Gasteiger charge is 2.28. The van der Waals surface area contributed by atoms with E-state index in [1.165, 1.54) is 6.92 Å². The summed E-state index contributed by atoms with van der Waals surface area (Å²) in [6, 6.07) is 6.92.